The number of hydrogen-bond donors (Lipinski definition) is 0. The number of hydrogen-bond acceptors (Lipinski definition) is 5. The summed E-state index contributed by atoms with van der Waals surface area (Å²) in [4.78, 5) is 4.64. The lowest BCUT2D eigenvalue weighted by Crippen LogP contribution is -2.31. The van der Waals surface area contributed by atoms with Crippen LogP contribution in [0.3, 0.4) is 0 Å². The molecule has 148 valence electrons. The van der Waals surface area contributed by atoms with Gasteiger partial charge in [-0.2, -0.15) is 4.31 Å². The molecule has 0 aliphatic carbocycles. The van der Waals surface area contributed by atoms with Crippen LogP contribution in [0.4, 0.5) is 0 Å². The van der Waals surface area contributed by atoms with Crippen molar-refractivity contribution in [1.82, 2.24) is 9.29 Å². The highest BCUT2D eigenvalue weighted by molar-refractivity contribution is 7.89. The largest absolute Gasteiger partial charge is 0.497 e. The Morgan fingerprint density at radius 1 is 1.11 bits per heavy atom. The predicted molar refractivity (Wildman–Crippen MR) is 108 cm³/mol. The van der Waals surface area contributed by atoms with Crippen molar-refractivity contribution >= 4 is 21.6 Å². The standard InChI is InChI=1S/C20H21ClN2O4S/c1-3-12-23(28(24,25)19-10-6-16(21)7-11-19)13-17-14-27-20(22-17)15-4-8-18(26-2)9-5-15/h4-11,14H,3,12-13H2,1-2H3. The number of sulfonamides is 1. The van der Waals surface area contributed by atoms with Crippen LogP contribution in [0.1, 0.15) is 19.0 Å². The van der Waals surface area contributed by atoms with Crippen molar-refractivity contribution in [1.29, 1.82) is 0 Å². The number of nitrogens with zero attached hydrogens (tertiary/aromatic N) is 2. The molecule has 0 saturated carbocycles. The molecule has 0 bridgehead atoms. The Morgan fingerprint density at radius 3 is 2.39 bits per heavy atom. The minimum Gasteiger partial charge on any atom is -0.497 e. The average molecular weight is 421 g/mol. The Balaban J connectivity index is 1.82. The van der Waals surface area contributed by atoms with E-state index in [1.165, 1.54) is 22.7 Å². The molecule has 0 aliphatic heterocycles. The third kappa shape index (κ3) is 4.55. The minimum atomic E-state index is -3.67. The summed E-state index contributed by atoms with van der Waals surface area (Å²) in [6.45, 7) is 2.42. The Bertz CT molecular complexity index is 1020. The monoisotopic (exact) mass is 420 g/mol. The molecule has 0 saturated heterocycles. The third-order valence-electron chi connectivity index (χ3n) is 4.15. The lowest BCUT2D eigenvalue weighted by atomic mass is 10.2. The molecule has 0 atom stereocenters. The second-order valence-electron chi connectivity index (χ2n) is 6.17. The van der Waals surface area contributed by atoms with E-state index in [-0.39, 0.29) is 11.4 Å². The van der Waals surface area contributed by atoms with Gasteiger partial charge in [0.2, 0.25) is 15.9 Å². The summed E-state index contributed by atoms with van der Waals surface area (Å²) >= 11 is 5.87. The number of halogens is 1. The molecule has 0 unspecified atom stereocenters. The van der Waals surface area contributed by atoms with Gasteiger partial charge in [-0.15, -0.1) is 0 Å². The maximum absolute atomic E-state index is 13.0. The van der Waals surface area contributed by atoms with Gasteiger partial charge < -0.3 is 9.15 Å². The fraction of sp³-hybridized carbons (Fsp3) is 0.250. The van der Waals surface area contributed by atoms with Crippen LogP contribution < -0.4 is 4.74 Å². The molecular weight excluding hydrogens is 400 g/mol. The molecule has 28 heavy (non-hydrogen) atoms. The van der Waals surface area contributed by atoms with Crippen molar-refractivity contribution in [2.75, 3.05) is 13.7 Å². The Labute approximate surface area is 169 Å². The summed E-state index contributed by atoms with van der Waals surface area (Å²) in [6.07, 6.45) is 2.16. The molecule has 8 heteroatoms. The lowest BCUT2D eigenvalue weighted by molar-refractivity contribution is 0.401. The summed E-state index contributed by atoms with van der Waals surface area (Å²) in [7, 11) is -2.07. The van der Waals surface area contributed by atoms with E-state index in [9.17, 15) is 8.42 Å². The van der Waals surface area contributed by atoms with Crippen molar-refractivity contribution in [2.45, 2.75) is 24.8 Å². The van der Waals surface area contributed by atoms with E-state index in [1.807, 2.05) is 31.2 Å². The first-order valence-electron chi connectivity index (χ1n) is 8.78. The van der Waals surface area contributed by atoms with Crippen LogP contribution in [0, 0.1) is 0 Å². The fourth-order valence-corrected chi connectivity index (χ4v) is 4.35. The molecule has 0 spiro atoms. The topological polar surface area (TPSA) is 72.6 Å². The van der Waals surface area contributed by atoms with Crippen LogP contribution in [0.5, 0.6) is 5.75 Å². The maximum Gasteiger partial charge on any atom is 0.243 e. The number of rotatable bonds is 8. The highest BCUT2D eigenvalue weighted by atomic mass is 35.5. The van der Waals surface area contributed by atoms with Crippen LogP contribution in [0.25, 0.3) is 11.5 Å². The van der Waals surface area contributed by atoms with E-state index in [4.69, 9.17) is 20.8 Å². The molecule has 1 heterocycles. The molecule has 1 aromatic heterocycles. The number of ether oxygens (including phenoxy) is 1. The Morgan fingerprint density at radius 2 is 1.79 bits per heavy atom. The maximum atomic E-state index is 13.0. The van der Waals surface area contributed by atoms with Crippen molar-refractivity contribution in [2.24, 2.45) is 0 Å². The van der Waals surface area contributed by atoms with Gasteiger partial charge in [0.15, 0.2) is 0 Å². The first-order valence-corrected chi connectivity index (χ1v) is 10.6. The van der Waals surface area contributed by atoms with Gasteiger partial charge in [0.05, 0.1) is 24.2 Å². The highest BCUT2D eigenvalue weighted by Gasteiger charge is 2.25. The van der Waals surface area contributed by atoms with E-state index >= 15 is 0 Å². The van der Waals surface area contributed by atoms with Gasteiger partial charge in [-0.25, -0.2) is 13.4 Å². The summed E-state index contributed by atoms with van der Waals surface area (Å²) in [6, 6.07) is 13.4. The van der Waals surface area contributed by atoms with Crippen LogP contribution in [0.2, 0.25) is 5.02 Å². The van der Waals surface area contributed by atoms with Crippen LogP contribution in [-0.4, -0.2) is 31.4 Å². The minimum absolute atomic E-state index is 0.123. The molecule has 3 aromatic rings. The molecule has 3 rings (SSSR count). The second-order valence-corrected chi connectivity index (χ2v) is 8.54. The summed E-state index contributed by atoms with van der Waals surface area (Å²) in [5, 5.41) is 0.488. The summed E-state index contributed by atoms with van der Waals surface area (Å²) < 4.78 is 38.1. The molecule has 0 amide bonds. The van der Waals surface area contributed by atoms with Crippen molar-refractivity contribution in [3.05, 3.63) is 65.5 Å². The molecule has 6 nitrogen and oxygen atoms in total. The van der Waals surface area contributed by atoms with Gasteiger partial charge in [0.1, 0.15) is 12.0 Å². The zero-order chi connectivity index (χ0) is 20.1. The normalized spacial score (nSPS) is 11.7. The first-order chi connectivity index (χ1) is 13.4. The van der Waals surface area contributed by atoms with Gasteiger partial charge in [-0.3, -0.25) is 0 Å². The van der Waals surface area contributed by atoms with E-state index in [0.717, 1.165) is 11.3 Å². The number of oxazole rings is 1. The summed E-state index contributed by atoms with van der Waals surface area (Å²) in [5.41, 5.74) is 1.33. The smallest absolute Gasteiger partial charge is 0.243 e. The molecule has 0 aliphatic rings. The van der Waals surface area contributed by atoms with Gasteiger partial charge in [-0.05, 0) is 55.0 Å². The zero-order valence-electron chi connectivity index (χ0n) is 15.6. The van der Waals surface area contributed by atoms with Gasteiger partial charge in [0.25, 0.3) is 0 Å². The van der Waals surface area contributed by atoms with Gasteiger partial charge in [0, 0.05) is 17.1 Å². The fourth-order valence-electron chi connectivity index (χ4n) is 2.72. The SMILES string of the molecule is CCCN(Cc1coc(-c2ccc(OC)cc2)n1)S(=O)(=O)c1ccc(Cl)cc1. The summed E-state index contributed by atoms with van der Waals surface area (Å²) in [5.74, 6) is 1.16. The van der Waals surface area contributed by atoms with Crippen LogP contribution in [0.15, 0.2) is 64.1 Å². The molecule has 0 N–H and O–H groups in total. The lowest BCUT2D eigenvalue weighted by Gasteiger charge is -2.20. The predicted octanol–water partition coefficient (Wildman–Crippen LogP) is 4.60. The van der Waals surface area contributed by atoms with Crippen molar-refractivity contribution in [3.8, 4) is 17.2 Å². The van der Waals surface area contributed by atoms with Gasteiger partial charge >= 0.3 is 0 Å². The molecule has 0 radical (unpaired) electrons. The van der Waals surface area contributed by atoms with Crippen molar-refractivity contribution in [3.63, 3.8) is 0 Å². The van der Waals surface area contributed by atoms with E-state index < -0.39 is 10.0 Å². The number of benzene rings is 2. The van der Waals surface area contributed by atoms with Gasteiger partial charge in [-0.1, -0.05) is 18.5 Å². The molecule has 0 fully saturated rings. The quantitative estimate of drug-likeness (QED) is 0.532. The number of methoxy groups -OCH3 is 1. The average Bonchev–Trinajstić information content (AvgIpc) is 3.17. The first kappa shape index (κ1) is 20.4. The van der Waals surface area contributed by atoms with Crippen LogP contribution in [-0.2, 0) is 16.6 Å². The van der Waals surface area contributed by atoms with E-state index in [1.54, 1.807) is 19.2 Å². The van der Waals surface area contributed by atoms with Crippen LogP contribution >= 0.6 is 11.6 Å². The van der Waals surface area contributed by atoms with E-state index in [0.29, 0.717) is 29.6 Å². The zero-order valence-corrected chi connectivity index (χ0v) is 17.2. The molecule has 2 aromatic carbocycles. The number of aromatic nitrogens is 1. The molecular formula is C20H21ClN2O4S. The second kappa shape index (κ2) is 8.77. The van der Waals surface area contributed by atoms with E-state index in [2.05, 4.69) is 4.98 Å². The van der Waals surface area contributed by atoms with Crippen molar-refractivity contribution < 1.29 is 17.6 Å². The Kier molecular flexibility index (Phi) is 6.39. The Hall–Kier alpha value is -2.35. The highest BCUT2D eigenvalue weighted by Crippen LogP contribution is 2.24. The third-order valence-corrected chi connectivity index (χ3v) is 6.26.